The molecule has 31 heavy (non-hydrogen) atoms. The van der Waals surface area contributed by atoms with Crippen LogP contribution in [-0.4, -0.2) is 20.7 Å². The summed E-state index contributed by atoms with van der Waals surface area (Å²) in [5, 5.41) is 4.24. The summed E-state index contributed by atoms with van der Waals surface area (Å²) in [6.45, 7) is 6.43. The molecule has 0 saturated heterocycles. The van der Waals surface area contributed by atoms with Crippen LogP contribution >= 0.6 is 11.8 Å². The number of anilines is 1. The molecule has 1 atom stereocenters. The third kappa shape index (κ3) is 5.01. The second-order valence-electron chi connectivity index (χ2n) is 8.31. The van der Waals surface area contributed by atoms with Gasteiger partial charge in [-0.25, -0.2) is 4.98 Å². The third-order valence-corrected chi connectivity index (χ3v) is 7.01. The molecule has 3 aromatic rings. The lowest BCUT2D eigenvalue weighted by molar-refractivity contribution is -0.116. The summed E-state index contributed by atoms with van der Waals surface area (Å²) in [7, 11) is 0. The molecule has 1 saturated carbocycles. The SMILES string of the molecule is CCC(C)Sc1ccc(NC(=O)CCc2nc3ccccc3c(=O)n2C2CC2)c(C)c1. The average Bonchev–Trinajstić information content (AvgIpc) is 3.59. The van der Waals surface area contributed by atoms with Crippen LogP contribution in [0.1, 0.15) is 57.0 Å². The molecular weight excluding hydrogens is 406 g/mol. The van der Waals surface area contributed by atoms with Crippen LogP contribution in [0, 0.1) is 6.92 Å². The zero-order valence-electron chi connectivity index (χ0n) is 18.4. The normalized spacial score (nSPS) is 14.5. The number of hydrogen-bond acceptors (Lipinski definition) is 4. The van der Waals surface area contributed by atoms with Crippen LogP contribution in [0.25, 0.3) is 10.9 Å². The number of carbonyl (C=O) groups excluding carboxylic acids is 1. The van der Waals surface area contributed by atoms with E-state index in [4.69, 9.17) is 4.98 Å². The van der Waals surface area contributed by atoms with Gasteiger partial charge in [-0.2, -0.15) is 0 Å². The first-order valence-electron chi connectivity index (χ1n) is 11.0. The van der Waals surface area contributed by atoms with Crippen LogP contribution in [-0.2, 0) is 11.2 Å². The Balaban J connectivity index is 1.46. The Kier molecular flexibility index (Phi) is 6.46. The predicted molar refractivity (Wildman–Crippen MR) is 128 cm³/mol. The highest BCUT2D eigenvalue weighted by molar-refractivity contribution is 7.99. The van der Waals surface area contributed by atoms with E-state index in [0.717, 1.165) is 30.5 Å². The van der Waals surface area contributed by atoms with Crippen molar-refractivity contribution in [3.63, 3.8) is 0 Å². The fourth-order valence-corrected chi connectivity index (χ4v) is 4.70. The van der Waals surface area contributed by atoms with Gasteiger partial charge in [-0.05, 0) is 62.1 Å². The Morgan fingerprint density at radius 2 is 2.03 bits per heavy atom. The van der Waals surface area contributed by atoms with Crippen LogP contribution in [0.2, 0.25) is 0 Å². The number of aromatic nitrogens is 2. The summed E-state index contributed by atoms with van der Waals surface area (Å²) in [6.07, 6.45) is 3.86. The maximum absolute atomic E-state index is 13.0. The van der Waals surface area contributed by atoms with Crippen molar-refractivity contribution in [2.45, 2.75) is 69.1 Å². The van der Waals surface area contributed by atoms with Crippen molar-refractivity contribution in [1.82, 2.24) is 9.55 Å². The fraction of sp³-hybridized carbons (Fsp3) is 0.400. The van der Waals surface area contributed by atoms with Gasteiger partial charge in [0.25, 0.3) is 5.56 Å². The summed E-state index contributed by atoms with van der Waals surface area (Å²) in [6, 6.07) is 13.8. The monoisotopic (exact) mass is 435 g/mol. The molecule has 1 amide bonds. The first kappa shape index (κ1) is 21.6. The molecule has 162 valence electrons. The standard InChI is InChI=1S/C25H29N3O2S/c1-4-17(3)31-19-11-12-21(16(2)15-19)27-24(29)14-13-23-26-22-8-6-5-7-20(22)25(30)28(23)18-9-10-18/h5-8,11-12,15,17-18H,4,9-10,13-14H2,1-3H3,(H,27,29). The molecule has 1 aliphatic carbocycles. The first-order valence-corrected chi connectivity index (χ1v) is 11.9. The summed E-state index contributed by atoms with van der Waals surface area (Å²) >= 11 is 1.85. The van der Waals surface area contributed by atoms with Gasteiger partial charge < -0.3 is 5.32 Å². The van der Waals surface area contributed by atoms with E-state index < -0.39 is 0 Å². The summed E-state index contributed by atoms with van der Waals surface area (Å²) in [4.78, 5) is 31.6. The Morgan fingerprint density at radius 1 is 1.26 bits per heavy atom. The van der Waals surface area contributed by atoms with Gasteiger partial charge in [0.1, 0.15) is 5.82 Å². The van der Waals surface area contributed by atoms with Gasteiger partial charge in [0.2, 0.25) is 5.91 Å². The number of hydrogen-bond donors (Lipinski definition) is 1. The number of para-hydroxylation sites is 1. The Morgan fingerprint density at radius 3 is 2.74 bits per heavy atom. The van der Waals surface area contributed by atoms with E-state index in [1.54, 1.807) is 0 Å². The Hall–Kier alpha value is -2.60. The molecule has 0 radical (unpaired) electrons. The third-order valence-electron chi connectivity index (χ3n) is 5.75. The highest BCUT2D eigenvalue weighted by Crippen LogP contribution is 2.35. The van der Waals surface area contributed by atoms with Crippen LogP contribution in [0.4, 0.5) is 5.69 Å². The summed E-state index contributed by atoms with van der Waals surface area (Å²) < 4.78 is 1.81. The number of fused-ring (bicyclic) bond motifs is 1. The highest BCUT2D eigenvalue weighted by Gasteiger charge is 2.28. The van der Waals surface area contributed by atoms with Crippen molar-refractivity contribution in [3.05, 3.63) is 64.2 Å². The topological polar surface area (TPSA) is 64.0 Å². The molecule has 1 aliphatic rings. The second-order valence-corrected chi connectivity index (χ2v) is 9.82. The van der Waals surface area contributed by atoms with Crippen LogP contribution < -0.4 is 10.9 Å². The molecule has 6 heteroatoms. The van der Waals surface area contributed by atoms with Crippen molar-refractivity contribution < 1.29 is 4.79 Å². The zero-order valence-corrected chi connectivity index (χ0v) is 19.2. The molecule has 1 fully saturated rings. The van der Waals surface area contributed by atoms with Crippen molar-refractivity contribution >= 4 is 34.3 Å². The smallest absolute Gasteiger partial charge is 0.261 e. The van der Waals surface area contributed by atoms with Gasteiger partial charge in [0.05, 0.1) is 10.9 Å². The van der Waals surface area contributed by atoms with Crippen molar-refractivity contribution in [3.8, 4) is 0 Å². The number of nitrogens with one attached hydrogen (secondary N) is 1. The van der Waals surface area contributed by atoms with Crippen LogP contribution in [0.15, 0.2) is 52.2 Å². The van der Waals surface area contributed by atoms with Gasteiger partial charge in [-0.15, -0.1) is 11.8 Å². The maximum atomic E-state index is 13.0. The zero-order chi connectivity index (χ0) is 22.0. The van der Waals surface area contributed by atoms with E-state index in [0.29, 0.717) is 34.8 Å². The number of amides is 1. The number of nitrogens with zero attached hydrogens (tertiary/aromatic N) is 2. The lowest BCUT2D eigenvalue weighted by Crippen LogP contribution is -2.25. The van der Waals surface area contributed by atoms with Gasteiger partial charge in [0, 0.05) is 34.7 Å². The molecule has 2 aromatic carbocycles. The predicted octanol–water partition coefficient (Wildman–Crippen LogP) is 5.50. The van der Waals surface area contributed by atoms with Crippen molar-refractivity contribution in [2.24, 2.45) is 0 Å². The largest absolute Gasteiger partial charge is 0.326 e. The molecule has 5 nitrogen and oxygen atoms in total. The van der Waals surface area contributed by atoms with E-state index in [2.05, 4.69) is 31.3 Å². The molecule has 1 N–H and O–H groups in total. The highest BCUT2D eigenvalue weighted by atomic mass is 32.2. The molecule has 0 aliphatic heterocycles. The number of rotatable bonds is 8. The molecule has 1 unspecified atom stereocenters. The van der Waals surface area contributed by atoms with Gasteiger partial charge in [0.15, 0.2) is 0 Å². The van der Waals surface area contributed by atoms with Gasteiger partial charge in [-0.3, -0.25) is 14.2 Å². The lowest BCUT2D eigenvalue weighted by atomic mass is 10.2. The number of carbonyl (C=O) groups is 1. The number of aryl methyl sites for hydroxylation is 2. The molecule has 4 rings (SSSR count). The second kappa shape index (κ2) is 9.27. The summed E-state index contributed by atoms with van der Waals surface area (Å²) in [5.41, 5.74) is 2.60. The van der Waals surface area contributed by atoms with E-state index in [-0.39, 0.29) is 17.5 Å². The first-order chi connectivity index (χ1) is 15.0. The maximum Gasteiger partial charge on any atom is 0.261 e. The fourth-order valence-electron chi connectivity index (χ4n) is 3.68. The van der Waals surface area contributed by atoms with Crippen LogP contribution in [0.3, 0.4) is 0 Å². The minimum absolute atomic E-state index is 0.00810. The van der Waals surface area contributed by atoms with Crippen molar-refractivity contribution in [1.29, 1.82) is 0 Å². The molecule has 1 aromatic heterocycles. The minimum Gasteiger partial charge on any atom is -0.326 e. The van der Waals surface area contributed by atoms with Gasteiger partial charge in [-0.1, -0.05) is 26.0 Å². The minimum atomic E-state index is -0.0600. The Labute approximate surface area is 187 Å². The quantitative estimate of drug-likeness (QED) is 0.475. The number of thioether (sulfide) groups is 1. The molecule has 1 heterocycles. The molecular formula is C25H29N3O2S. The van der Waals surface area contributed by atoms with E-state index >= 15 is 0 Å². The van der Waals surface area contributed by atoms with Crippen molar-refractivity contribution in [2.75, 3.05) is 5.32 Å². The average molecular weight is 436 g/mol. The molecule has 0 bridgehead atoms. The lowest BCUT2D eigenvalue weighted by Gasteiger charge is -2.14. The number of benzene rings is 2. The van der Waals surface area contributed by atoms with E-state index in [1.807, 2.05) is 53.6 Å². The van der Waals surface area contributed by atoms with Gasteiger partial charge >= 0.3 is 0 Å². The van der Waals surface area contributed by atoms with E-state index in [9.17, 15) is 9.59 Å². The molecule has 0 spiro atoms. The Bertz CT molecular complexity index is 1170. The summed E-state index contributed by atoms with van der Waals surface area (Å²) in [5.74, 6) is 0.647. The van der Waals surface area contributed by atoms with E-state index in [1.165, 1.54) is 4.90 Å². The van der Waals surface area contributed by atoms with Crippen LogP contribution in [0.5, 0.6) is 0 Å².